The molecule has 0 radical (unpaired) electrons. The number of hydrogen-bond acceptors (Lipinski definition) is 4. The summed E-state index contributed by atoms with van der Waals surface area (Å²) >= 11 is 0. The second-order valence-electron chi connectivity index (χ2n) is 4.08. The third-order valence-electron chi connectivity index (χ3n) is 2.68. The molecule has 0 saturated carbocycles. The van der Waals surface area contributed by atoms with Gasteiger partial charge in [0.15, 0.2) is 0 Å². The molecule has 18 heavy (non-hydrogen) atoms. The van der Waals surface area contributed by atoms with Gasteiger partial charge in [-0.05, 0) is 36.2 Å². The molecule has 3 N–H and O–H groups in total. The molecule has 4 heteroatoms. The molecule has 2 aromatic rings. The summed E-state index contributed by atoms with van der Waals surface area (Å²) in [6.45, 7) is 2.54. The molecular weight excluding hydrogens is 226 g/mol. The zero-order chi connectivity index (χ0) is 13.0. The number of pyridine rings is 1. The average Bonchev–Trinajstić information content (AvgIpc) is 2.40. The second-order valence-corrected chi connectivity index (χ2v) is 4.08. The van der Waals surface area contributed by atoms with Gasteiger partial charge in [0.05, 0.1) is 12.8 Å². The second kappa shape index (κ2) is 5.51. The summed E-state index contributed by atoms with van der Waals surface area (Å²) in [6.07, 6.45) is 1.77. The molecule has 1 heterocycles. The van der Waals surface area contributed by atoms with Crippen LogP contribution in [0.3, 0.4) is 0 Å². The minimum absolute atomic E-state index is 0.501. The lowest BCUT2D eigenvalue weighted by molar-refractivity contribution is 0.416. The lowest BCUT2D eigenvalue weighted by Crippen LogP contribution is -2.00. The third-order valence-corrected chi connectivity index (χ3v) is 2.68. The summed E-state index contributed by atoms with van der Waals surface area (Å²) in [6, 6.07) is 9.83. The first-order valence-electron chi connectivity index (χ1n) is 5.79. The van der Waals surface area contributed by atoms with Crippen molar-refractivity contribution in [3.05, 3.63) is 47.7 Å². The van der Waals surface area contributed by atoms with Crippen LogP contribution in [0, 0.1) is 6.92 Å². The number of benzene rings is 1. The van der Waals surface area contributed by atoms with Crippen LogP contribution < -0.4 is 15.8 Å². The first kappa shape index (κ1) is 12.4. The number of aromatic nitrogens is 1. The van der Waals surface area contributed by atoms with Gasteiger partial charge in [0.25, 0.3) is 0 Å². The molecule has 0 bridgehead atoms. The molecule has 1 aromatic heterocycles. The van der Waals surface area contributed by atoms with Gasteiger partial charge in [-0.1, -0.05) is 12.1 Å². The Morgan fingerprint density at radius 2 is 2.11 bits per heavy atom. The van der Waals surface area contributed by atoms with E-state index in [0.717, 1.165) is 28.4 Å². The highest BCUT2D eigenvalue weighted by Crippen LogP contribution is 2.27. The summed E-state index contributed by atoms with van der Waals surface area (Å²) in [7, 11) is 1.65. The van der Waals surface area contributed by atoms with Crippen LogP contribution in [0.25, 0.3) is 0 Å². The van der Waals surface area contributed by atoms with Crippen LogP contribution in [0.4, 0.5) is 11.5 Å². The van der Waals surface area contributed by atoms with Gasteiger partial charge < -0.3 is 15.8 Å². The predicted octanol–water partition coefficient (Wildman–Crippen LogP) is 2.60. The first-order valence-corrected chi connectivity index (χ1v) is 5.79. The lowest BCUT2D eigenvalue weighted by atomic mass is 10.2. The number of nitrogens with zero attached hydrogens (tertiary/aromatic N) is 1. The number of ether oxygens (including phenoxy) is 1. The van der Waals surface area contributed by atoms with Gasteiger partial charge in [-0.3, -0.25) is 0 Å². The number of hydrogen-bond donors (Lipinski definition) is 2. The molecule has 0 fully saturated rings. The minimum Gasteiger partial charge on any atom is -0.495 e. The topological polar surface area (TPSA) is 60.2 Å². The van der Waals surface area contributed by atoms with E-state index in [0.29, 0.717) is 6.54 Å². The summed E-state index contributed by atoms with van der Waals surface area (Å²) < 4.78 is 5.31. The highest BCUT2D eigenvalue weighted by Gasteiger charge is 2.04. The zero-order valence-corrected chi connectivity index (χ0v) is 10.6. The van der Waals surface area contributed by atoms with Gasteiger partial charge in [-0.15, -0.1) is 0 Å². The Morgan fingerprint density at radius 1 is 1.28 bits per heavy atom. The van der Waals surface area contributed by atoms with Crippen LogP contribution in [-0.4, -0.2) is 12.1 Å². The van der Waals surface area contributed by atoms with E-state index in [1.54, 1.807) is 13.3 Å². The Labute approximate surface area is 107 Å². The zero-order valence-electron chi connectivity index (χ0n) is 10.6. The van der Waals surface area contributed by atoms with Crippen molar-refractivity contribution in [1.29, 1.82) is 0 Å². The van der Waals surface area contributed by atoms with Crippen molar-refractivity contribution in [3.63, 3.8) is 0 Å². The fourth-order valence-corrected chi connectivity index (χ4v) is 1.68. The number of anilines is 2. The van der Waals surface area contributed by atoms with Crippen molar-refractivity contribution in [1.82, 2.24) is 4.98 Å². The lowest BCUT2D eigenvalue weighted by Gasteiger charge is -2.11. The molecule has 0 spiro atoms. The maximum absolute atomic E-state index is 5.54. The molecule has 0 amide bonds. The molecule has 0 unspecified atom stereocenters. The number of nitrogens with one attached hydrogen (secondary N) is 1. The van der Waals surface area contributed by atoms with Crippen molar-refractivity contribution in [3.8, 4) is 5.75 Å². The Hall–Kier alpha value is -2.07. The molecule has 0 saturated heterocycles. The quantitative estimate of drug-likeness (QED) is 0.866. The molecule has 0 aliphatic carbocycles. The number of nitrogens with two attached hydrogens (primary N) is 1. The normalized spacial score (nSPS) is 10.2. The van der Waals surface area contributed by atoms with Crippen molar-refractivity contribution < 1.29 is 4.74 Å². The Bertz CT molecular complexity index is 523. The molecule has 2 rings (SSSR count). The summed E-state index contributed by atoms with van der Waals surface area (Å²) in [4.78, 5) is 4.30. The SMILES string of the molecule is COc1ccc(C)cc1Nc1ccc(CN)cn1. The highest BCUT2D eigenvalue weighted by molar-refractivity contribution is 5.65. The fourth-order valence-electron chi connectivity index (χ4n) is 1.68. The van der Waals surface area contributed by atoms with Crippen LogP contribution in [0.2, 0.25) is 0 Å². The van der Waals surface area contributed by atoms with Crippen LogP contribution >= 0.6 is 0 Å². The molecule has 4 nitrogen and oxygen atoms in total. The fraction of sp³-hybridized carbons (Fsp3) is 0.214. The Morgan fingerprint density at radius 3 is 2.72 bits per heavy atom. The average molecular weight is 243 g/mol. The number of rotatable bonds is 4. The highest BCUT2D eigenvalue weighted by atomic mass is 16.5. The van der Waals surface area contributed by atoms with Gasteiger partial charge in [-0.2, -0.15) is 0 Å². The molecule has 0 atom stereocenters. The monoisotopic (exact) mass is 243 g/mol. The maximum Gasteiger partial charge on any atom is 0.142 e. The van der Waals surface area contributed by atoms with Crippen molar-refractivity contribution in [2.24, 2.45) is 5.73 Å². The summed E-state index contributed by atoms with van der Waals surface area (Å²) in [5, 5.41) is 3.24. The van der Waals surface area contributed by atoms with Gasteiger partial charge in [-0.25, -0.2) is 4.98 Å². The first-order chi connectivity index (χ1) is 8.72. The smallest absolute Gasteiger partial charge is 0.142 e. The van der Waals surface area contributed by atoms with Gasteiger partial charge in [0, 0.05) is 12.7 Å². The van der Waals surface area contributed by atoms with E-state index in [4.69, 9.17) is 10.5 Å². The van der Waals surface area contributed by atoms with E-state index in [-0.39, 0.29) is 0 Å². The van der Waals surface area contributed by atoms with Crippen LogP contribution in [0.15, 0.2) is 36.5 Å². The maximum atomic E-state index is 5.54. The van der Waals surface area contributed by atoms with Gasteiger partial charge in [0.2, 0.25) is 0 Å². The number of aryl methyl sites for hydroxylation is 1. The van der Waals surface area contributed by atoms with Crippen LogP contribution in [0.5, 0.6) is 5.75 Å². The van der Waals surface area contributed by atoms with Crippen LogP contribution in [-0.2, 0) is 6.54 Å². The van der Waals surface area contributed by atoms with E-state index in [9.17, 15) is 0 Å². The van der Waals surface area contributed by atoms with E-state index in [1.807, 2.05) is 37.3 Å². The van der Waals surface area contributed by atoms with Crippen molar-refractivity contribution >= 4 is 11.5 Å². The molecule has 1 aromatic carbocycles. The van der Waals surface area contributed by atoms with E-state index in [1.165, 1.54) is 0 Å². The molecular formula is C14H17N3O. The van der Waals surface area contributed by atoms with Crippen molar-refractivity contribution in [2.45, 2.75) is 13.5 Å². The standard InChI is InChI=1S/C14H17N3O/c1-10-3-5-13(18-2)12(7-10)17-14-6-4-11(8-15)9-16-14/h3-7,9H,8,15H2,1-2H3,(H,16,17). The predicted molar refractivity (Wildman–Crippen MR) is 73.1 cm³/mol. The van der Waals surface area contributed by atoms with Gasteiger partial charge >= 0.3 is 0 Å². The molecule has 0 aliphatic rings. The van der Waals surface area contributed by atoms with Crippen LogP contribution in [0.1, 0.15) is 11.1 Å². The number of methoxy groups -OCH3 is 1. The molecule has 0 aliphatic heterocycles. The largest absolute Gasteiger partial charge is 0.495 e. The van der Waals surface area contributed by atoms with E-state index < -0.39 is 0 Å². The van der Waals surface area contributed by atoms with E-state index >= 15 is 0 Å². The Kier molecular flexibility index (Phi) is 3.79. The van der Waals surface area contributed by atoms with Gasteiger partial charge in [0.1, 0.15) is 11.6 Å². The summed E-state index contributed by atoms with van der Waals surface area (Å²) in [5.74, 6) is 1.57. The third kappa shape index (κ3) is 2.78. The Balaban J connectivity index is 2.24. The van der Waals surface area contributed by atoms with E-state index in [2.05, 4.69) is 10.3 Å². The minimum atomic E-state index is 0.501. The molecule has 94 valence electrons. The summed E-state index contributed by atoms with van der Waals surface area (Å²) in [5.41, 5.74) is 8.62. The van der Waals surface area contributed by atoms with Crippen molar-refractivity contribution in [2.75, 3.05) is 12.4 Å².